The van der Waals surface area contributed by atoms with Crippen molar-refractivity contribution in [3.05, 3.63) is 59.9 Å². The summed E-state index contributed by atoms with van der Waals surface area (Å²) in [7, 11) is 1.93. The van der Waals surface area contributed by atoms with Crippen LogP contribution < -0.4 is 10.6 Å². The van der Waals surface area contributed by atoms with E-state index >= 15 is 0 Å². The van der Waals surface area contributed by atoms with Crippen LogP contribution in [0.15, 0.2) is 48.7 Å². The number of nitrogens with one attached hydrogen (secondary N) is 2. The lowest BCUT2D eigenvalue weighted by Gasteiger charge is -2.24. The Hall–Kier alpha value is -1.87. The van der Waals surface area contributed by atoms with Crippen molar-refractivity contribution in [2.45, 2.75) is 25.8 Å². The molecule has 0 saturated heterocycles. The monoisotopic (exact) mass is 269 g/mol. The largest absolute Gasteiger partial charge is 0.388 e. The van der Waals surface area contributed by atoms with E-state index in [0.717, 1.165) is 24.5 Å². The predicted octanol–water partition coefficient (Wildman–Crippen LogP) is 3.19. The Kier molecular flexibility index (Phi) is 4.74. The molecular weight excluding hydrogens is 246 g/mol. The average molecular weight is 269 g/mol. The van der Waals surface area contributed by atoms with Gasteiger partial charge in [-0.3, -0.25) is 4.98 Å². The number of nitrogens with zero attached hydrogens (tertiary/aromatic N) is 1. The van der Waals surface area contributed by atoms with Gasteiger partial charge in [0.05, 0.1) is 0 Å². The second-order valence-corrected chi connectivity index (χ2v) is 5.65. The molecule has 20 heavy (non-hydrogen) atoms. The topological polar surface area (TPSA) is 37.0 Å². The summed E-state index contributed by atoms with van der Waals surface area (Å²) in [6, 6.07) is 14.6. The van der Waals surface area contributed by atoms with Gasteiger partial charge in [-0.05, 0) is 29.8 Å². The lowest BCUT2D eigenvalue weighted by atomic mass is 9.88. The van der Waals surface area contributed by atoms with Crippen LogP contribution in [0, 0.1) is 0 Å². The number of aromatic nitrogens is 1. The van der Waals surface area contributed by atoms with Gasteiger partial charge in [-0.15, -0.1) is 0 Å². The summed E-state index contributed by atoms with van der Waals surface area (Å²) in [5, 5.41) is 6.64. The van der Waals surface area contributed by atoms with Gasteiger partial charge in [0.25, 0.3) is 0 Å². The summed E-state index contributed by atoms with van der Waals surface area (Å²) in [5.41, 5.74) is 3.59. The van der Waals surface area contributed by atoms with E-state index in [2.05, 4.69) is 59.8 Å². The number of hydrogen-bond acceptors (Lipinski definition) is 3. The van der Waals surface area contributed by atoms with E-state index in [1.165, 1.54) is 5.56 Å². The van der Waals surface area contributed by atoms with Crippen LogP contribution in [0.2, 0.25) is 0 Å². The summed E-state index contributed by atoms with van der Waals surface area (Å²) in [6.07, 6.45) is 1.85. The molecule has 0 radical (unpaired) electrons. The van der Waals surface area contributed by atoms with Crippen LogP contribution in [-0.2, 0) is 12.0 Å². The first-order valence-electron chi connectivity index (χ1n) is 7.01. The van der Waals surface area contributed by atoms with Crippen molar-refractivity contribution >= 4 is 5.69 Å². The quantitative estimate of drug-likeness (QED) is 0.845. The molecule has 1 aromatic carbocycles. The van der Waals surface area contributed by atoms with Gasteiger partial charge in [-0.1, -0.05) is 32.0 Å². The Morgan fingerprint density at radius 1 is 1.05 bits per heavy atom. The van der Waals surface area contributed by atoms with E-state index in [0.29, 0.717) is 0 Å². The highest BCUT2D eigenvalue weighted by molar-refractivity contribution is 5.43. The van der Waals surface area contributed by atoms with Crippen LogP contribution in [0.1, 0.15) is 25.1 Å². The molecular formula is C17H23N3. The summed E-state index contributed by atoms with van der Waals surface area (Å²) < 4.78 is 0. The zero-order chi connectivity index (χ0) is 14.4. The van der Waals surface area contributed by atoms with Crippen LogP contribution in [-0.4, -0.2) is 18.6 Å². The van der Waals surface area contributed by atoms with Crippen LogP contribution in [0.4, 0.5) is 5.69 Å². The first-order chi connectivity index (χ1) is 9.62. The molecule has 0 spiro atoms. The van der Waals surface area contributed by atoms with Crippen LogP contribution >= 0.6 is 0 Å². The van der Waals surface area contributed by atoms with Crippen LogP contribution in [0.3, 0.4) is 0 Å². The van der Waals surface area contributed by atoms with Gasteiger partial charge >= 0.3 is 0 Å². The Morgan fingerprint density at radius 3 is 2.40 bits per heavy atom. The minimum Gasteiger partial charge on any atom is -0.388 e. The average Bonchev–Trinajstić information content (AvgIpc) is 2.49. The molecule has 2 aromatic rings. The third kappa shape index (κ3) is 3.81. The number of benzene rings is 1. The predicted molar refractivity (Wildman–Crippen MR) is 85.0 cm³/mol. The summed E-state index contributed by atoms with van der Waals surface area (Å²) in [5.74, 6) is 0. The molecule has 1 aromatic heterocycles. The minimum absolute atomic E-state index is 0.0339. The van der Waals surface area contributed by atoms with Crippen molar-refractivity contribution in [3.8, 4) is 0 Å². The Bertz CT molecular complexity index is 518. The highest BCUT2D eigenvalue weighted by Crippen LogP contribution is 2.19. The fourth-order valence-electron chi connectivity index (χ4n) is 2.16. The van der Waals surface area contributed by atoms with E-state index in [1.807, 2.05) is 25.4 Å². The minimum atomic E-state index is 0.0339. The molecule has 0 amide bonds. The number of pyridine rings is 1. The van der Waals surface area contributed by atoms with E-state index < -0.39 is 0 Å². The molecule has 0 unspecified atom stereocenters. The summed E-state index contributed by atoms with van der Waals surface area (Å²) in [4.78, 5) is 4.45. The fourth-order valence-corrected chi connectivity index (χ4v) is 2.16. The van der Waals surface area contributed by atoms with Gasteiger partial charge in [-0.2, -0.15) is 0 Å². The molecule has 3 heteroatoms. The molecule has 0 atom stereocenters. The van der Waals surface area contributed by atoms with Crippen molar-refractivity contribution in [3.63, 3.8) is 0 Å². The van der Waals surface area contributed by atoms with E-state index in [4.69, 9.17) is 0 Å². The second kappa shape index (κ2) is 6.53. The van der Waals surface area contributed by atoms with Crippen molar-refractivity contribution in [1.29, 1.82) is 0 Å². The van der Waals surface area contributed by atoms with Crippen molar-refractivity contribution < 1.29 is 0 Å². The summed E-state index contributed by atoms with van der Waals surface area (Å²) >= 11 is 0. The van der Waals surface area contributed by atoms with Gasteiger partial charge in [0.15, 0.2) is 0 Å². The van der Waals surface area contributed by atoms with E-state index in [9.17, 15) is 0 Å². The zero-order valence-electron chi connectivity index (χ0n) is 12.5. The molecule has 2 N–H and O–H groups in total. The maximum atomic E-state index is 4.45. The van der Waals surface area contributed by atoms with Gasteiger partial charge < -0.3 is 10.6 Å². The normalized spacial score (nSPS) is 11.3. The molecule has 0 aliphatic carbocycles. The summed E-state index contributed by atoms with van der Waals surface area (Å²) in [6.45, 7) is 6.21. The van der Waals surface area contributed by atoms with Gasteiger partial charge in [0, 0.05) is 43.1 Å². The number of anilines is 1. The molecule has 0 aliphatic rings. The lowest BCUT2D eigenvalue weighted by Crippen LogP contribution is -2.33. The number of hydrogen-bond donors (Lipinski definition) is 2. The Balaban J connectivity index is 1.88. The molecule has 1 heterocycles. The molecule has 0 bridgehead atoms. The van der Waals surface area contributed by atoms with Crippen molar-refractivity contribution in [2.75, 3.05) is 18.9 Å². The Morgan fingerprint density at radius 2 is 1.80 bits per heavy atom. The third-order valence-electron chi connectivity index (χ3n) is 3.50. The van der Waals surface area contributed by atoms with Crippen molar-refractivity contribution in [2.24, 2.45) is 0 Å². The van der Waals surface area contributed by atoms with Crippen LogP contribution in [0.25, 0.3) is 0 Å². The lowest BCUT2D eigenvalue weighted by molar-refractivity contribution is 0.457. The first-order valence-corrected chi connectivity index (χ1v) is 7.01. The highest BCUT2D eigenvalue weighted by atomic mass is 14.9. The SMILES string of the molecule is CNc1ccc(CNCC(C)(C)c2ccccn2)cc1. The maximum Gasteiger partial charge on any atom is 0.0472 e. The van der Waals surface area contributed by atoms with Crippen LogP contribution in [0.5, 0.6) is 0 Å². The highest BCUT2D eigenvalue weighted by Gasteiger charge is 2.21. The Labute approximate surface area is 121 Å². The number of rotatable bonds is 6. The van der Waals surface area contributed by atoms with Crippen molar-refractivity contribution in [1.82, 2.24) is 10.3 Å². The maximum absolute atomic E-state index is 4.45. The van der Waals surface area contributed by atoms with E-state index in [-0.39, 0.29) is 5.41 Å². The zero-order valence-corrected chi connectivity index (χ0v) is 12.5. The van der Waals surface area contributed by atoms with Gasteiger partial charge in [-0.25, -0.2) is 0 Å². The molecule has 0 aliphatic heterocycles. The van der Waals surface area contributed by atoms with E-state index in [1.54, 1.807) is 0 Å². The first kappa shape index (κ1) is 14.5. The van der Waals surface area contributed by atoms with Gasteiger partial charge in [0.2, 0.25) is 0 Å². The third-order valence-corrected chi connectivity index (χ3v) is 3.50. The second-order valence-electron chi connectivity index (χ2n) is 5.65. The molecule has 106 valence electrons. The molecule has 2 rings (SSSR count). The molecule has 0 fully saturated rings. The smallest absolute Gasteiger partial charge is 0.0472 e. The fraction of sp³-hybridized carbons (Fsp3) is 0.353. The molecule has 0 saturated carbocycles. The molecule has 3 nitrogen and oxygen atoms in total. The standard InChI is InChI=1S/C17H23N3/c1-17(2,16-6-4-5-11-20-16)13-19-12-14-7-9-15(18-3)10-8-14/h4-11,18-19H,12-13H2,1-3H3. The van der Waals surface area contributed by atoms with Gasteiger partial charge in [0.1, 0.15) is 0 Å².